The Morgan fingerprint density at radius 2 is 1.97 bits per heavy atom. The Kier molecular flexibility index (Phi) is 4.44. The Labute approximate surface area is 167 Å². The van der Waals surface area contributed by atoms with Crippen LogP contribution in [0.15, 0.2) is 36.7 Å². The molecule has 9 heteroatoms. The third-order valence-corrected chi connectivity index (χ3v) is 5.30. The minimum absolute atomic E-state index is 0.0227. The fourth-order valence-electron chi connectivity index (χ4n) is 3.73. The summed E-state index contributed by atoms with van der Waals surface area (Å²) in [5, 5.41) is 11.4. The minimum Gasteiger partial charge on any atom is -0.454 e. The Morgan fingerprint density at radius 3 is 2.76 bits per heavy atom. The molecule has 0 atom stereocenters. The van der Waals surface area contributed by atoms with E-state index in [1.807, 2.05) is 47.2 Å². The molecular formula is C20H22N6O3. The number of aromatic amines is 1. The first-order valence-electron chi connectivity index (χ1n) is 9.60. The molecule has 1 N–H and O–H groups in total. The number of benzene rings is 1. The molecular weight excluding hydrogens is 372 g/mol. The SMILES string of the molecule is Cn1cc(CN2CCN(C(=O)c3cc(-c4ccc5c(c4)OCO5)n[nH]3)CC2)cn1. The van der Waals surface area contributed by atoms with Gasteiger partial charge in [-0.15, -0.1) is 0 Å². The van der Waals surface area contributed by atoms with Crippen molar-refractivity contribution in [2.45, 2.75) is 6.54 Å². The Balaban J connectivity index is 1.22. The van der Waals surface area contributed by atoms with E-state index >= 15 is 0 Å². The first-order valence-corrected chi connectivity index (χ1v) is 9.60. The lowest BCUT2D eigenvalue weighted by atomic mass is 10.1. The third kappa shape index (κ3) is 3.56. The van der Waals surface area contributed by atoms with Crippen molar-refractivity contribution >= 4 is 5.91 Å². The molecule has 2 aliphatic rings. The fraction of sp³-hybridized carbons (Fsp3) is 0.350. The van der Waals surface area contributed by atoms with Crippen molar-refractivity contribution in [1.29, 1.82) is 0 Å². The molecule has 29 heavy (non-hydrogen) atoms. The predicted octanol–water partition coefficient (Wildman–Crippen LogP) is 1.50. The highest BCUT2D eigenvalue weighted by atomic mass is 16.7. The summed E-state index contributed by atoms with van der Waals surface area (Å²) in [4.78, 5) is 17.1. The molecule has 0 spiro atoms. The molecule has 1 fully saturated rings. The van der Waals surface area contributed by atoms with Gasteiger partial charge in [-0.2, -0.15) is 10.2 Å². The van der Waals surface area contributed by atoms with Gasteiger partial charge in [0.15, 0.2) is 11.5 Å². The molecule has 0 unspecified atom stereocenters. The number of nitrogens with zero attached hydrogens (tertiary/aromatic N) is 5. The van der Waals surface area contributed by atoms with E-state index in [-0.39, 0.29) is 12.7 Å². The molecule has 0 aliphatic carbocycles. The number of aryl methyl sites for hydroxylation is 1. The monoisotopic (exact) mass is 394 g/mol. The zero-order valence-corrected chi connectivity index (χ0v) is 16.2. The van der Waals surface area contributed by atoms with Gasteiger partial charge in [0.2, 0.25) is 6.79 Å². The zero-order chi connectivity index (χ0) is 19.8. The van der Waals surface area contributed by atoms with E-state index in [2.05, 4.69) is 20.2 Å². The summed E-state index contributed by atoms with van der Waals surface area (Å²) in [6, 6.07) is 7.44. The first-order chi connectivity index (χ1) is 14.2. The average molecular weight is 394 g/mol. The van der Waals surface area contributed by atoms with Crippen LogP contribution in [0, 0.1) is 0 Å². The van der Waals surface area contributed by atoms with Crippen molar-refractivity contribution in [3.8, 4) is 22.8 Å². The molecule has 0 radical (unpaired) electrons. The van der Waals surface area contributed by atoms with Crippen LogP contribution in [-0.4, -0.2) is 68.7 Å². The van der Waals surface area contributed by atoms with Gasteiger partial charge in [0.05, 0.1) is 11.9 Å². The Morgan fingerprint density at radius 1 is 1.14 bits per heavy atom. The van der Waals surface area contributed by atoms with Crippen LogP contribution in [-0.2, 0) is 13.6 Å². The number of hydrogen-bond donors (Lipinski definition) is 1. The normalized spacial score (nSPS) is 16.4. The smallest absolute Gasteiger partial charge is 0.271 e. The number of carbonyl (C=O) groups excluding carboxylic acids is 1. The quantitative estimate of drug-likeness (QED) is 0.721. The van der Waals surface area contributed by atoms with E-state index < -0.39 is 0 Å². The number of ether oxygens (including phenoxy) is 2. The van der Waals surface area contributed by atoms with Crippen molar-refractivity contribution in [3.05, 3.63) is 47.9 Å². The van der Waals surface area contributed by atoms with Crippen LogP contribution in [0.25, 0.3) is 11.3 Å². The highest BCUT2D eigenvalue weighted by molar-refractivity contribution is 5.93. The average Bonchev–Trinajstić information content (AvgIpc) is 3.48. The molecule has 2 aromatic heterocycles. The van der Waals surface area contributed by atoms with Crippen molar-refractivity contribution in [2.24, 2.45) is 7.05 Å². The first kappa shape index (κ1) is 17.7. The summed E-state index contributed by atoms with van der Waals surface area (Å²) in [6.07, 6.45) is 3.92. The van der Waals surface area contributed by atoms with Crippen LogP contribution >= 0.6 is 0 Å². The topological polar surface area (TPSA) is 88.5 Å². The maximum absolute atomic E-state index is 12.9. The van der Waals surface area contributed by atoms with E-state index in [1.165, 1.54) is 5.56 Å². The van der Waals surface area contributed by atoms with Crippen molar-refractivity contribution < 1.29 is 14.3 Å². The summed E-state index contributed by atoms with van der Waals surface area (Å²) >= 11 is 0. The van der Waals surface area contributed by atoms with Gasteiger partial charge in [-0.05, 0) is 24.3 Å². The number of nitrogens with one attached hydrogen (secondary N) is 1. The van der Waals surface area contributed by atoms with Gasteiger partial charge in [-0.1, -0.05) is 0 Å². The highest BCUT2D eigenvalue weighted by Gasteiger charge is 2.24. The second kappa shape index (κ2) is 7.25. The van der Waals surface area contributed by atoms with Gasteiger partial charge >= 0.3 is 0 Å². The number of hydrogen-bond acceptors (Lipinski definition) is 6. The summed E-state index contributed by atoms with van der Waals surface area (Å²) in [5.41, 5.74) is 3.28. The van der Waals surface area contributed by atoms with Gasteiger partial charge < -0.3 is 14.4 Å². The lowest BCUT2D eigenvalue weighted by Crippen LogP contribution is -2.48. The van der Waals surface area contributed by atoms with Crippen LogP contribution in [0.2, 0.25) is 0 Å². The molecule has 0 bridgehead atoms. The lowest BCUT2D eigenvalue weighted by molar-refractivity contribution is 0.0622. The fourth-order valence-corrected chi connectivity index (χ4v) is 3.73. The maximum Gasteiger partial charge on any atom is 0.271 e. The predicted molar refractivity (Wildman–Crippen MR) is 105 cm³/mol. The second-order valence-corrected chi connectivity index (χ2v) is 7.33. The van der Waals surface area contributed by atoms with Gasteiger partial charge in [0.25, 0.3) is 5.91 Å². The van der Waals surface area contributed by atoms with Crippen LogP contribution in [0.1, 0.15) is 16.1 Å². The molecule has 2 aliphatic heterocycles. The summed E-state index contributed by atoms with van der Waals surface area (Å²) < 4.78 is 12.6. The third-order valence-electron chi connectivity index (χ3n) is 5.30. The molecule has 5 rings (SSSR count). The molecule has 1 amide bonds. The summed E-state index contributed by atoms with van der Waals surface area (Å²) in [7, 11) is 1.92. The van der Waals surface area contributed by atoms with Crippen LogP contribution in [0.4, 0.5) is 0 Å². The molecule has 0 saturated carbocycles. The summed E-state index contributed by atoms with van der Waals surface area (Å²) in [5.74, 6) is 1.40. The van der Waals surface area contributed by atoms with E-state index in [0.717, 1.165) is 30.9 Å². The van der Waals surface area contributed by atoms with E-state index in [9.17, 15) is 4.79 Å². The molecule has 1 saturated heterocycles. The van der Waals surface area contributed by atoms with Gasteiger partial charge in [-0.25, -0.2) is 0 Å². The number of rotatable bonds is 4. The van der Waals surface area contributed by atoms with Crippen molar-refractivity contribution in [2.75, 3.05) is 33.0 Å². The highest BCUT2D eigenvalue weighted by Crippen LogP contribution is 2.35. The van der Waals surface area contributed by atoms with E-state index in [1.54, 1.807) is 6.07 Å². The molecule has 150 valence electrons. The van der Waals surface area contributed by atoms with E-state index in [0.29, 0.717) is 30.2 Å². The van der Waals surface area contributed by atoms with Crippen molar-refractivity contribution in [3.63, 3.8) is 0 Å². The largest absolute Gasteiger partial charge is 0.454 e. The number of amides is 1. The van der Waals surface area contributed by atoms with Gasteiger partial charge in [0, 0.05) is 57.1 Å². The standard InChI is InChI=1S/C20H22N6O3/c1-24-11-14(10-21-24)12-25-4-6-26(7-5-25)20(27)17-9-16(22-23-17)15-2-3-18-19(8-15)29-13-28-18/h2-3,8-11H,4-7,12-13H2,1H3,(H,22,23). The second-order valence-electron chi connectivity index (χ2n) is 7.33. The number of piperazine rings is 1. The lowest BCUT2D eigenvalue weighted by Gasteiger charge is -2.34. The minimum atomic E-state index is -0.0227. The van der Waals surface area contributed by atoms with Gasteiger partial charge in [-0.3, -0.25) is 19.5 Å². The van der Waals surface area contributed by atoms with Gasteiger partial charge in [0.1, 0.15) is 5.69 Å². The molecule has 4 heterocycles. The number of fused-ring (bicyclic) bond motifs is 1. The maximum atomic E-state index is 12.9. The van der Waals surface area contributed by atoms with Crippen LogP contribution in [0.5, 0.6) is 11.5 Å². The van der Waals surface area contributed by atoms with Crippen molar-refractivity contribution in [1.82, 2.24) is 29.8 Å². The number of aromatic nitrogens is 4. The molecule has 3 aromatic rings. The van der Waals surface area contributed by atoms with E-state index in [4.69, 9.17) is 9.47 Å². The number of carbonyl (C=O) groups is 1. The number of H-pyrrole nitrogens is 1. The molecule has 1 aromatic carbocycles. The Hall–Kier alpha value is -3.33. The summed E-state index contributed by atoms with van der Waals surface area (Å²) in [6.45, 7) is 4.15. The molecule has 9 nitrogen and oxygen atoms in total. The van der Waals surface area contributed by atoms with Crippen LogP contribution < -0.4 is 9.47 Å². The Bertz CT molecular complexity index is 1030. The van der Waals surface area contributed by atoms with Crippen LogP contribution in [0.3, 0.4) is 0 Å². The zero-order valence-electron chi connectivity index (χ0n) is 16.2.